The summed E-state index contributed by atoms with van der Waals surface area (Å²) in [7, 11) is 0. The van der Waals surface area contributed by atoms with Crippen molar-refractivity contribution < 1.29 is 0 Å². The fraction of sp³-hybridized carbons (Fsp3) is 0.143. The van der Waals surface area contributed by atoms with Gasteiger partial charge < -0.3 is 16.8 Å². The van der Waals surface area contributed by atoms with Crippen molar-refractivity contribution in [3.8, 4) is 28.3 Å². The van der Waals surface area contributed by atoms with Gasteiger partial charge >= 0.3 is 0 Å². The van der Waals surface area contributed by atoms with E-state index in [4.69, 9.17) is 16.5 Å². The third-order valence-corrected chi connectivity index (χ3v) is 7.76. The minimum Gasteiger partial charge on any atom is -0.399 e. The van der Waals surface area contributed by atoms with E-state index >= 15 is 0 Å². The fourth-order valence-electron chi connectivity index (χ4n) is 5.55. The molecule has 0 bridgehead atoms. The highest BCUT2D eigenvalue weighted by Gasteiger charge is 2.29. The summed E-state index contributed by atoms with van der Waals surface area (Å²) in [5, 5.41) is 13.8. The molecular weight excluding hydrogens is 490 g/mol. The van der Waals surface area contributed by atoms with Gasteiger partial charge in [-0.2, -0.15) is 5.26 Å². The second kappa shape index (κ2) is 11.0. The summed E-state index contributed by atoms with van der Waals surface area (Å²) in [6, 6.07) is 34.8. The van der Waals surface area contributed by atoms with Gasteiger partial charge in [-0.1, -0.05) is 48.5 Å². The van der Waals surface area contributed by atoms with E-state index in [0.717, 1.165) is 93.2 Å². The maximum absolute atomic E-state index is 10.2. The Bertz CT molecular complexity index is 1650. The molecule has 2 aliphatic carbocycles. The molecule has 5 N–H and O–H groups in total. The fourth-order valence-corrected chi connectivity index (χ4v) is 5.55. The molecular formula is C35H31N5. The SMILES string of the molecule is N#CC1=C2C=C(Nc3ccc(-c4ccc(N)cc4)cc3)CCC2CCC1=Nc1ccc(-c2ccc(N)cc2)cc1. The number of nitrogens with zero attached hydrogens (tertiary/aromatic N) is 2. The number of allylic oxidation sites excluding steroid dienone is 4. The zero-order valence-corrected chi connectivity index (χ0v) is 22.3. The standard InChI is InChI=1S/C35H31N5/c36-22-34-33-21-32(39-30-15-5-25(6-16-30)23-1-11-28(37)12-2-23)19-9-27(33)10-20-35(34)40-31-17-7-26(8-18-31)24-3-13-29(38)14-4-24/h1-8,11-18,21,27,39H,9-10,19-20,37-38H2. The van der Waals surface area contributed by atoms with E-state index in [1.807, 2.05) is 60.7 Å². The first-order valence-corrected chi connectivity index (χ1v) is 13.7. The number of nitrogen functional groups attached to an aromatic ring is 2. The van der Waals surface area contributed by atoms with Gasteiger partial charge in [0.25, 0.3) is 0 Å². The number of benzene rings is 4. The molecule has 0 saturated carbocycles. The van der Waals surface area contributed by atoms with Crippen LogP contribution in [0.5, 0.6) is 0 Å². The number of nitrogens with one attached hydrogen (secondary N) is 1. The summed E-state index contributed by atoms with van der Waals surface area (Å²) in [4.78, 5) is 4.92. The van der Waals surface area contributed by atoms with Gasteiger partial charge in [0.2, 0.25) is 0 Å². The number of anilines is 3. The molecule has 1 unspecified atom stereocenters. The van der Waals surface area contributed by atoms with Crippen LogP contribution in [0.1, 0.15) is 25.7 Å². The molecule has 0 aliphatic heterocycles. The Labute approximate surface area is 235 Å². The third-order valence-electron chi connectivity index (χ3n) is 7.76. The molecule has 0 amide bonds. The van der Waals surface area contributed by atoms with E-state index in [-0.39, 0.29) is 0 Å². The predicted molar refractivity (Wildman–Crippen MR) is 166 cm³/mol. The number of aliphatic imine (C=N–C) groups is 1. The Morgan fingerprint density at radius 1 is 0.675 bits per heavy atom. The van der Waals surface area contributed by atoms with E-state index in [0.29, 0.717) is 5.92 Å². The Balaban J connectivity index is 1.22. The van der Waals surface area contributed by atoms with Gasteiger partial charge in [0.05, 0.1) is 17.0 Å². The molecule has 4 aromatic rings. The maximum Gasteiger partial charge on any atom is 0.101 e. The molecule has 196 valence electrons. The molecule has 5 heteroatoms. The third kappa shape index (κ3) is 5.39. The van der Waals surface area contributed by atoms with Crippen molar-refractivity contribution in [2.24, 2.45) is 10.9 Å². The van der Waals surface area contributed by atoms with Gasteiger partial charge in [0.1, 0.15) is 6.07 Å². The highest BCUT2D eigenvalue weighted by atomic mass is 14.9. The van der Waals surface area contributed by atoms with Crippen LogP contribution in [0.3, 0.4) is 0 Å². The largest absolute Gasteiger partial charge is 0.399 e. The zero-order valence-electron chi connectivity index (χ0n) is 22.3. The molecule has 0 aromatic heterocycles. The van der Waals surface area contributed by atoms with Crippen molar-refractivity contribution in [2.45, 2.75) is 25.7 Å². The van der Waals surface area contributed by atoms with Crippen LogP contribution in [0.4, 0.5) is 22.7 Å². The van der Waals surface area contributed by atoms with Gasteiger partial charge in [0.15, 0.2) is 0 Å². The molecule has 0 heterocycles. The number of nitrogens with two attached hydrogens (primary N) is 2. The lowest BCUT2D eigenvalue weighted by atomic mass is 9.76. The van der Waals surface area contributed by atoms with Gasteiger partial charge in [-0.3, -0.25) is 4.99 Å². The Hall–Kier alpha value is -5.08. The summed E-state index contributed by atoms with van der Waals surface area (Å²) in [6.07, 6.45) is 6.01. The van der Waals surface area contributed by atoms with Crippen LogP contribution in [0.15, 0.2) is 125 Å². The molecule has 5 nitrogen and oxygen atoms in total. The molecule has 1 atom stereocenters. The van der Waals surface area contributed by atoms with E-state index in [2.05, 4.69) is 53.9 Å². The number of hydrogen-bond acceptors (Lipinski definition) is 5. The number of nitriles is 1. The lowest BCUT2D eigenvalue weighted by molar-refractivity contribution is 0.512. The Morgan fingerprint density at radius 2 is 1.18 bits per heavy atom. The molecule has 40 heavy (non-hydrogen) atoms. The van der Waals surface area contributed by atoms with Crippen molar-refractivity contribution in [3.63, 3.8) is 0 Å². The maximum atomic E-state index is 10.2. The van der Waals surface area contributed by atoms with Gasteiger partial charge in [0, 0.05) is 22.8 Å². The van der Waals surface area contributed by atoms with Crippen LogP contribution < -0.4 is 16.8 Å². The normalized spacial score (nSPS) is 17.6. The van der Waals surface area contributed by atoms with Gasteiger partial charge in [-0.05, 0) is 114 Å². The highest BCUT2D eigenvalue weighted by Crippen LogP contribution is 2.39. The second-order valence-electron chi connectivity index (χ2n) is 10.4. The van der Waals surface area contributed by atoms with Crippen molar-refractivity contribution in [1.82, 2.24) is 0 Å². The monoisotopic (exact) mass is 521 g/mol. The summed E-state index contributed by atoms with van der Waals surface area (Å²) >= 11 is 0. The van der Waals surface area contributed by atoms with Crippen LogP contribution in [0, 0.1) is 17.2 Å². The first kappa shape index (κ1) is 25.2. The van der Waals surface area contributed by atoms with Crippen LogP contribution in [0.2, 0.25) is 0 Å². The molecule has 0 fully saturated rings. The minimum absolute atomic E-state index is 0.403. The molecule has 0 radical (unpaired) electrons. The Morgan fingerprint density at radius 3 is 1.73 bits per heavy atom. The highest BCUT2D eigenvalue weighted by molar-refractivity contribution is 6.06. The number of fused-ring (bicyclic) bond motifs is 1. The minimum atomic E-state index is 0.403. The van der Waals surface area contributed by atoms with Crippen molar-refractivity contribution >= 4 is 28.5 Å². The smallest absolute Gasteiger partial charge is 0.101 e. The average molecular weight is 522 g/mol. The van der Waals surface area contributed by atoms with Crippen LogP contribution in [-0.2, 0) is 0 Å². The zero-order chi connectivity index (χ0) is 27.5. The first-order valence-electron chi connectivity index (χ1n) is 13.7. The Kier molecular flexibility index (Phi) is 6.91. The summed E-state index contributed by atoms with van der Waals surface area (Å²) in [5.41, 5.74) is 23.4. The topological polar surface area (TPSA) is 100 Å². The average Bonchev–Trinajstić information content (AvgIpc) is 2.99. The summed E-state index contributed by atoms with van der Waals surface area (Å²) < 4.78 is 0. The predicted octanol–water partition coefficient (Wildman–Crippen LogP) is 8.28. The van der Waals surface area contributed by atoms with Crippen molar-refractivity contribution in [3.05, 3.63) is 120 Å². The molecule has 0 saturated heterocycles. The van der Waals surface area contributed by atoms with Gasteiger partial charge in [-0.15, -0.1) is 0 Å². The van der Waals surface area contributed by atoms with Gasteiger partial charge in [-0.25, -0.2) is 0 Å². The number of rotatable bonds is 5. The van der Waals surface area contributed by atoms with Crippen molar-refractivity contribution in [2.75, 3.05) is 16.8 Å². The van der Waals surface area contributed by atoms with E-state index < -0.39 is 0 Å². The summed E-state index contributed by atoms with van der Waals surface area (Å²) in [5.74, 6) is 0.403. The molecule has 6 rings (SSSR count). The molecule has 0 spiro atoms. The van der Waals surface area contributed by atoms with Crippen LogP contribution in [-0.4, -0.2) is 5.71 Å². The lowest BCUT2D eigenvalue weighted by Crippen LogP contribution is -2.22. The molecule has 4 aromatic carbocycles. The second-order valence-corrected chi connectivity index (χ2v) is 10.4. The number of hydrogen-bond donors (Lipinski definition) is 3. The summed E-state index contributed by atoms with van der Waals surface area (Å²) in [6.45, 7) is 0. The first-order chi connectivity index (χ1) is 19.6. The van der Waals surface area contributed by atoms with Crippen LogP contribution >= 0.6 is 0 Å². The van der Waals surface area contributed by atoms with E-state index in [9.17, 15) is 5.26 Å². The van der Waals surface area contributed by atoms with E-state index in [1.54, 1.807) is 0 Å². The van der Waals surface area contributed by atoms with E-state index in [1.165, 1.54) is 0 Å². The van der Waals surface area contributed by atoms with Crippen LogP contribution in [0.25, 0.3) is 22.3 Å². The molecule has 2 aliphatic rings. The van der Waals surface area contributed by atoms with Crippen molar-refractivity contribution in [1.29, 1.82) is 5.26 Å². The lowest BCUT2D eigenvalue weighted by Gasteiger charge is -2.30. The quantitative estimate of drug-likeness (QED) is 0.230.